The average Bonchev–Trinajstić information content (AvgIpc) is 2.33. The van der Waals surface area contributed by atoms with E-state index < -0.39 is 0 Å². The molecule has 0 aliphatic carbocycles. The van der Waals surface area contributed by atoms with Gasteiger partial charge < -0.3 is 10.2 Å². The smallest absolute Gasteiger partial charge is 0.246 e. The molecule has 0 spiro atoms. The lowest BCUT2D eigenvalue weighted by Crippen LogP contribution is -2.64. The summed E-state index contributed by atoms with van der Waals surface area (Å²) in [5.41, 5.74) is 0. The summed E-state index contributed by atoms with van der Waals surface area (Å²) in [6, 6.07) is -0.657. The highest BCUT2D eigenvalue weighted by Crippen LogP contribution is 2.18. The second kappa shape index (κ2) is 6.03. The molecule has 1 rings (SSSR count). The Morgan fingerprint density at radius 1 is 1.35 bits per heavy atom. The predicted molar refractivity (Wildman–Crippen MR) is 67.5 cm³/mol. The molecular formula is C13H24N2O2. The quantitative estimate of drug-likeness (QED) is 0.792. The molecule has 4 nitrogen and oxygen atoms in total. The molecule has 0 aromatic heterocycles. The van der Waals surface area contributed by atoms with Crippen LogP contribution in [0.4, 0.5) is 0 Å². The Kier molecular flexibility index (Phi) is 4.97. The van der Waals surface area contributed by atoms with Gasteiger partial charge in [-0.2, -0.15) is 0 Å². The van der Waals surface area contributed by atoms with Crippen molar-refractivity contribution in [2.75, 3.05) is 6.54 Å². The first-order valence-electron chi connectivity index (χ1n) is 6.63. The Morgan fingerprint density at radius 2 is 2.00 bits per heavy atom. The number of nitrogens with zero attached hydrogens (tertiary/aromatic N) is 1. The van der Waals surface area contributed by atoms with Crippen LogP contribution >= 0.6 is 0 Å². The van der Waals surface area contributed by atoms with Gasteiger partial charge in [-0.25, -0.2) is 0 Å². The lowest BCUT2D eigenvalue weighted by molar-refractivity contribution is -0.150. The van der Waals surface area contributed by atoms with Gasteiger partial charge in [0.1, 0.15) is 12.1 Å². The van der Waals surface area contributed by atoms with E-state index in [4.69, 9.17) is 0 Å². The minimum Gasteiger partial charge on any atom is -0.342 e. The van der Waals surface area contributed by atoms with Crippen LogP contribution in [0.2, 0.25) is 0 Å². The molecule has 1 N–H and O–H groups in total. The molecule has 1 saturated heterocycles. The fraction of sp³-hybridized carbons (Fsp3) is 0.846. The van der Waals surface area contributed by atoms with Crippen LogP contribution in [0.1, 0.15) is 47.0 Å². The Labute approximate surface area is 104 Å². The minimum atomic E-state index is -0.333. The third-order valence-corrected chi connectivity index (χ3v) is 3.66. The molecule has 3 atom stereocenters. The van der Waals surface area contributed by atoms with Crippen LogP contribution in [0.15, 0.2) is 0 Å². The maximum atomic E-state index is 12.3. The number of piperazine rings is 1. The number of carbonyl (C=O) groups is 2. The van der Waals surface area contributed by atoms with Gasteiger partial charge in [0, 0.05) is 6.54 Å². The van der Waals surface area contributed by atoms with E-state index in [1.165, 1.54) is 0 Å². The van der Waals surface area contributed by atoms with Crippen LogP contribution in [0.5, 0.6) is 0 Å². The van der Waals surface area contributed by atoms with Crippen molar-refractivity contribution in [3.8, 4) is 0 Å². The lowest BCUT2D eigenvalue weighted by Gasteiger charge is -2.39. The third kappa shape index (κ3) is 2.99. The number of nitrogens with one attached hydrogen (secondary N) is 1. The molecule has 0 aromatic rings. The standard InChI is InChI=1S/C13H24N2O2/c1-5-7-8-15-10(4)12(16)14-11(13(15)17)9(3)6-2/h9-11H,5-8H2,1-4H3,(H,14,16). The summed E-state index contributed by atoms with van der Waals surface area (Å²) >= 11 is 0. The molecule has 1 aliphatic heterocycles. The first kappa shape index (κ1) is 14.0. The van der Waals surface area contributed by atoms with Crippen LogP contribution in [0.3, 0.4) is 0 Å². The second-order valence-electron chi connectivity index (χ2n) is 4.93. The first-order chi connectivity index (χ1) is 8.02. The van der Waals surface area contributed by atoms with E-state index in [-0.39, 0.29) is 29.8 Å². The fourth-order valence-electron chi connectivity index (χ4n) is 2.10. The SMILES string of the molecule is CCCCN1C(=O)C(C(C)CC)NC(=O)C1C. The monoisotopic (exact) mass is 240 g/mol. The van der Waals surface area contributed by atoms with Gasteiger partial charge in [-0.05, 0) is 19.3 Å². The molecule has 0 saturated carbocycles. The van der Waals surface area contributed by atoms with Gasteiger partial charge in [0.25, 0.3) is 0 Å². The molecule has 3 unspecified atom stereocenters. The van der Waals surface area contributed by atoms with Crippen molar-refractivity contribution in [3.05, 3.63) is 0 Å². The molecule has 17 heavy (non-hydrogen) atoms. The highest BCUT2D eigenvalue weighted by molar-refractivity contribution is 5.96. The Balaban J connectivity index is 2.79. The predicted octanol–water partition coefficient (Wildman–Crippen LogP) is 1.55. The van der Waals surface area contributed by atoms with E-state index in [9.17, 15) is 9.59 Å². The molecule has 1 heterocycles. The van der Waals surface area contributed by atoms with E-state index in [2.05, 4.69) is 12.2 Å². The van der Waals surface area contributed by atoms with Crippen molar-refractivity contribution in [3.63, 3.8) is 0 Å². The lowest BCUT2D eigenvalue weighted by atomic mass is 9.94. The van der Waals surface area contributed by atoms with E-state index in [0.29, 0.717) is 6.54 Å². The van der Waals surface area contributed by atoms with E-state index in [1.54, 1.807) is 11.8 Å². The number of carbonyl (C=O) groups excluding carboxylic acids is 2. The zero-order valence-electron chi connectivity index (χ0n) is 11.3. The molecule has 2 amide bonds. The van der Waals surface area contributed by atoms with Crippen molar-refractivity contribution in [1.82, 2.24) is 10.2 Å². The topological polar surface area (TPSA) is 49.4 Å². The molecule has 0 aromatic carbocycles. The van der Waals surface area contributed by atoms with Crippen molar-refractivity contribution < 1.29 is 9.59 Å². The zero-order valence-corrected chi connectivity index (χ0v) is 11.3. The van der Waals surface area contributed by atoms with Crippen LogP contribution in [0, 0.1) is 5.92 Å². The van der Waals surface area contributed by atoms with Crippen molar-refractivity contribution >= 4 is 11.8 Å². The highest BCUT2D eigenvalue weighted by Gasteiger charge is 2.39. The largest absolute Gasteiger partial charge is 0.342 e. The molecule has 1 aliphatic rings. The molecule has 98 valence electrons. The molecule has 1 fully saturated rings. The Bertz CT molecular complexity index is 291. The van der Waals surface area contributed by atoms with Gasteiger partial charge in [0.15, 0.2) is 0 Å². The van der Waals surface area contributed by atoms with Gasteiger partial charge in [-0.3, -0.25) is 9.59 Å². The molecular weight excluding hydrogens is 216 g/mol. The highest BCUT2D eigenvalue weighted by atomic mass is 16.2. The van der Waals surface area contributed by atoms with E-state index >= 15 is 0 Å². The Morgan fingerprint density at radius 3 is 2.53 bits per heavy atom. The second-order valence-corrected chi connectivity index (χ2v) is 4.93. The van der Waals surface area contributed by atoms with Gasteiger partial charge in [0.05, 0.1) is 0 Å². The molecule has 0 bridgehead atoms. The van der Waals surface area contributed by atoms with Crippen LogP contribution in [-0.2, 0) is 9.59 Å². The number of unbranched alkanes of at least 4 members (excludes halogenated alkanes) is 1. The number of rotatable bonds is 5. The van der Waals surface area contributed by atoms with E-state index in [1.807, 2.05) is 13.8 Å². The number of amides is 2. The van der Waals surface area contributed by atoms with Gasteiger partial charge in [-0.15, -0.1) is 0 Å². The molecule has 0 radical (unpaired) electrons. The van der Waals surface area contributed by atoms with Crippen LogP contribution in [0.25, 0.3) is 0 Å². The summed E-state index contributed by atoms with van der Waals surface area (Å²) in [5.74, 6) is 0.258. The zero-order chi connectivity index (χ0) is 13.0. The Hall–Kier alpha value is -1.06. The third-order valence-electron chi connectivity index (χ3n) is 3.66. The summed E-state index contributed by atoms with van der Waals surface area (Å²) in [6.45, 7) is 8.63. The minimum absolute atomic E-state index is 0.0222. The van der Waals surface area contributed by atoms with Crippen LogP contribution in [-0.4, -0.2) is 35.3 Å². The maximum absolute atomic E-state index is 12.3. The number of hydrogen-bond donors (Lipinski definition) is 1. The maximum Gasteiger partial charge on any atom is 0.246 e. The van der Waals surface area contributed by atoms with Crippen molar-refractivity contribution in [2.24, 2.45) is 5.92 Å². The summed E-state index contributed by atoms with van der Waals surface area (Å²) in [6.07, 6.45) is 2.88. The summed E-state index contributed by atoms with van der Waals surface area (Å²) < 4.78 is 0. The summed E-state index contributed by atoms with van der Waals surface area (Å²) in [4.78, 5) is 25.9. The van der Waals surface area contributed by atoms with E-state index in [0.717, 1.165) is 19.3 Å². The summed E-state index contributed by atoms with van der Waals surface area (Å²) in [7, 11) is 0. The van der Waals surface area contributed by atoms with Crippen LogP contribution < -0.4 is 5.32 Å². The number of hydrogen-bond acceptors (Lipinski definition) is 2. The van der Waals surface area contributed by atoms with Gasteiger partial charge in [-0.1, -0.05) is 33.6 Å². The van der Waals surface area contributed by atoms with Crippen molar-refractivity contribution in [2.45, 2.75) is 59.0 Å². The molecule has 4 heteroatoms. The van der Waals surface area contributed by atoms with Gasteiger partial charge in [0.2, 0.25) is 11.8 Å². The first-order valence-corrected chi connectivity index (χ1v) is 6.63. The fourth-order valence-corrected chi connectivity index (χ4v) is 2.10. The summed E-state index contributed by atoms with van der Waals surface area (Å²) in [5, 5.41) is 2.84. The average molecular weight is 240 g/mol. The normalized spacial score (nSPS) is 26.9. The van der Waals surface area contributed by atoms with Gasteiger partial charge >= 0.3 is 0 Å². The van der Waals surface area contributed by atoms with Crippen molar-refractivity contribution in [1.29, 1.82) is 0 Å².